The molecular formula is C12H16ClF2N. The molecule has 0 bridgehead atoms. The molecule has 0 unspecified atom stereocenters. The van der Waals surface area contributed by atoms with Crippen LogP contribution in [0.3, 0.4) is 0 Å². The second-order valence-electron chi connectivity index (χ2n) is 3.70. The molecule has 1 rings (SSSR count). The molecule has 0 atom stereocenters. The van der Waals surface area contributed by atoms with E-state index in [9.17, 15) is 8.78 Å². The van der Waals surface area contributed by atoms with Crippen LogP contribution < -0.4 is 0 Å². The van der Waals surface area contributed by atoms with Crippen LogP contribution >= 0.6 is 11.6 Å². The molecule has 16 heavy (non-hydrogen) atoms. The lowest BCUT2D eigenvalue weighted by atomic mass is 10.2. The van der Waals surface area contributed by atoms with Crippen LogP contribution in [0.25, 0.3) is 0 Å². The summed E-state index contributed by atoms with van der Waals surface area (Å²) in [5.74, 6) is -0.515. The fraction of sp³-hybridized carbons (Fsp3) is 0.500. The van der Waals surface area contributed by atoms with Crippen LogP contribution in [0.2, 0.25) is 0 Å². The van der Waals surface area contributed by atoms with Crippen LogP contribution in [0.5, 0.6) is 0 Å². The summed E-state index contributed by atoms with van der Waals surface area (Å²) in [4.78, 5) is 2.06. The first kappa shape index (κ1) is 13.4. The van der Waals surface area contributed by atoms with Gasteiger partial charge in [0.25, 0.3) is 0 Å². The van der Waals surface area contributed by atoms with E-state index in [4.69, 9.17) is 11.6 Å². The lowest BCUT2D eigenvalue weighted by Crippen LogP contribution is -2.26. The Morgan fingerprint density at radius 1 is 1.25 bits per heavy atom. The number of benzene rings is 1. The molecule has 0 saturated heterocycles. The van der Waals surface area contributed by atoms with Crippen LogP contribution in [0, 0.1) is 11.6 Å². The maximum atomic E-state index is 13.4. The van der Waals surface area contributed by atoms with Gasteiger partial charge in [-0.25, -0.2) is 8.78 Å². The average Bonchev–Trinajstić information content (AvgIpc) is 2.23. The normalized spacial score (nSPS) is 11.1. The number of hydrogen-bond donors (Lipinski definition) is 0. The lowest BCUT2D eigenvalue weighted by molar-refractivity contribution is 0.278. The molecule has 4 heteroatoms. The van der Waals surface area contributed by atoms with E-state index in [-0.39, 0.29) is 0 Å². The second kappa shape index (κ2) is 6.81. The number of halogens is 3. The molecule has 0 aliphatic carbocycles. The molecule has 0 N–H and O–H groups in total. The van der Waals surface area contributed by atoms with Gasteiger partial charge in [-0.3, -0.25) is 4.90 Å². The van der Waals surface area contributed by atoms with Crippen molar-refractivity contribution in [2.45, 2.75) is 19.9 Å². The van der Waals surface area contributed by atoms with Gasteiger partial charge >= 0.3 is 0 Å². The molecule has 0 heterocycles. The number of hydrogen-bond acceptors (Lipinski definition) is 1. The highest BCUT2D eigenvalue weighted by Crippen LogP contribution is 2.12. The van der Waals surface area contributed by atoms with Gasteiger partial charge in [0.15, 0.2) is 0 Å². The fourth-order valence-corrected chi connectivity index (χ4v) is 1.84. The zero-order chi connectivity index (χ0) is 12.0. The highest BCUT2D eigenvalue weighted by atomic mass is 35.5. The van der Waals surface area contributed by atoms with E-state index in [0.29, 0.717) is 24.5 Å². The van der Waals surface area contributed by atoms with Crippen LogP contribution in [0.1, 0.15) is 18.9 Å². The average molecular weight is 248 g/mol. The van der Waals surface area contributed by atoms with Crippen molar-refractivity contribution in [2.75, 3.05) is 19.0 Å². The van der Waals surface area contributed by atoms with E-state index >= 15 is 0 Å². The molecular weight excluding hydrogens is 232 g/mol. The zero-order valence-corrected chi connectivity index (χ0v) is 10.1. The summed E-state index contributed by atoms with van der Waals surface area (Å²) in [5.41, 5.74) is 0.514. The summed E-state index contributed by atoms with van der Waals surface area (Å²) in [6.07, 6.45) is 0.986. The Labute approximate surface area is 100 Å². The first-order valence-electron chi connectivity index (χ1n) is 5.39. The van der Waals surface area contributed by atoms with Crippen molar-refractivity contribution in [2.24, 2.45) is 0 Å². The molecule has 1 aromatic carbocycles. The summed E-state index contributed by atoms with van der Waals surface area (Å²) >= 11 is 5.67. The maximum absolute atomic E-state index is 13.4. The number of nitrogens with zero attached hydrogens (tertiary/aromatic N) is 1. The topological polar surface area (TPSA) is 3.24 Å². The van der Waals surface area contributed by atoms with Crippen molar-refractivity contribution in [3.63, 3.8) is 0 Å². The molecule has 0 aliphatic rings. The Balaban J connectivity index is 2.68. The van der Waals surface area contributed by atoms with Crippen molar-refractivity contribution in [3.8, 4) is 0 Å². The van der Waals surface area contributed by atoms with Gasteiger partial charge in [0.2, 0.25) is 0 Å². The molecule has 0 fully saturated rings. The molecule has 0 aliphatic heterocycles. The third-order valence-electron chi connectivity index (χ3n) is 2.35. The van der Waals surface area contributed by atoms with Crippen molar-refractivity contribution in [1.29, 1.82) is 0 Å². The first-order chi connectivity index (χ1) is 7.67. The largest absolute Gasteiger partial charge is 0.298 e. The molecule has 0 spiro atoms. The fourth-order valence-electron chi connectivity index (χ4n) is 1.60. The van der Waals surface area contributed by atoms with E-state index in [1.54, 1.807) is 0 Å². The summed E-state index contributed by atoms with van der Waals surface area (Å²) < 4.78 is 26.1. The van der Waals surface area contributed by atoms with E-state index in [1.807, 2.05) is 0 Å². The quantitative estimate of drug-likeness (QED) is 0.697. The second-order valence-corrected chi connectivity index (χ2v) is 4.08. The van der Waals surface area contributed by atoms with Gasteiger partial charge in [-0.05, 0) is 19.0 Å². The zero-order valence-electron chi connectivity index (χ0n) is 9.35. The Hall–Kier alpha value is -0.670. The van der Waals surface area contributed by atoms with Crippen molar-refractivity contribution in [3.05, 3.63) is 35.4 Å². The molecule has 0 saturated carbocycles. The summed E-state index contributed by atoms with van der Waals surface area (Å²) in [5, 5.41) is 0. The highest BCUT2D eigenvalue weighted by molar-refractivity contribution is 6.18. The third kappa shape index (κ3) is 4.06. The minimum Gasteiger partial charge on any atom is -0.298 e. The first-order valence-corrected chi connectivity index (χ1v) is 5.93. The minimum absolute atomic E-state index is 0.479. The van der Waals surface area contributed by atoms with Crippen LogP contribution in [0.15, 0.2) is 18.2 Å². The predicted molar refractivity (Wildman–Crippen MR) is 62.6 cm³/mol. The minimum atomic E-state index is -0.541. The van der Waals surface area contributed by atoms with Crippen LogP contribution in [-0.2, 0) is 6.54 Å². The Morgan fingerprint density at radius 3 is 2.56 bits per heavy atom. The van der Waals surface area contributed by atoms with Gasteiger partial charge < -0.3 is 0 Å². The van der Waals surface area contributed by atoms with Crippen molar-refractivity contribution < 1.29 is 8.78 Å². The summed E-state index contributed by atoms with van der Waals surface area (Å²) in [7, 11) is 0. The molecule has 0 radical (unpaired) electrons. The van der Waals surface area contributed by atoms with Gasteiger partial charge in [0.05, 0.1) is 0 Å². The molecule has 0 amide bonds. The Kier molecular flexibility index (Phi) is 5.71. The lowest BCUT2D eigenvalue weighted by Gasteiger charge is -2.20. The Bertz CT molecular complexity index is 325. The van der Waals surface area contributed by atoms with Gasteiger partial charge in [-0.2, -0.15) is 0 Å². The SMILES string of the molecule is CCCN(CCCl)Cc1ccc(F)cc1F. The summed E-state index contributed by atoms with van der Waals surface area (Å²) in [6, 6.07) is 3.69. The van der Waals surface area contributed by atoms with Gasteiger partial charge in [0.1, 0.15) is 11.6 Å². The van der Waals surface area contributed by atoms with E-state index in [2.05, 4.69) is 11.8 Å². The highest BCUT2D eigenvalue weighted by Gasteiger charge is 2.08. The Morgan fingerprint density at radius 2 is 2.00 bits per heavy atom. The third-order valence-corrected chi connectivity index (χ3v) is 2.52. The standard InChI is InChI=1S/C12H16ClF2N/c1-2-6-16(7-5-13)9-10-3-4-11(14)8-12(10)15/h3-4,8H,2,5-7,9H2,1H3. The smallest absolute Gasteiger partial charge is 0.130 e. The van der Waals surface area contributed by atoms with Crippen molar-refractivity contribution >= 4 is 11.6 Å². The van der Waals surface area contributed by atoms with Crippen LogP contribution in [-0.4, -0.2) is 23.9 Å². The van der Waals surface area contributed by atoms with Crippen LogP contribution in [0.4, 0.5) is 8.78 Å². The maximum Gasteiger partial charge on any atom is 0.130 e. The van der Waals surface area contributed by atoms with Crippen molar-refractivity contribution in [1.82, 2.24) is 4.90 Å². The molecule has 0 aromatic heterocycles. The molecule has 1 aromatic rings. The van der Waals surface area contributed by atoms with E-state index in [0.717, 1.165) is 19.0 Å². The van der Waals surface area contributed by atoms with Gasteiger partial charge in [-0.15, -0.1) is 11.6 Å². The molecule has 1 nitrogen and oxygen atoms in total. The van der Waals surface area contributed by atoms with Gasteiger partial charge in [-0.1, -0.05) is 13.0 Å². The predicted octanol–water partition coefficient (Wildman–Crippen LogP) is 3.42. The number of rotatable bonds is 6. The van der Waals surface area contributed by atoms with Gasteiger partial charge in [0, 0.05) is 30.6 Å². The molecule has 90 valence electrons. The van der Waals surface area contributed by atoms with E-state index in [1.165, 1.54) is 12.1 Å². The number of alkyl halides is 1. The monoisotopic (exact) mass is 247 g/mol. The summed E-state index contributed by atoms with van der Waals surface area (Å²) in [6.45, 7) is 4.12. The van der Waals surface area contributed by atoms with E-state index < -0.39 is 11.6 Å².